The summed E-state index contributed by atoms with van der Waals surface area (Å²) in [5.41, 5.74) is -10.1. The zero-order valence-corrected chi connectivity index (χ0v) is 32.6. The number of thiophene rings is 1. The van der Waals surface area contributed by atoms with Crippen LogP contribution in [0.4, 0.5) is 0 Å². The van der Waals surface area contributed by atoms with E-state index in [9.17, 15) is 23.3 Å². The van der Waals surface area contributed by atoms with Gasteiger partial charge < -0.3 is 13.7 Å². The van der Waals surface area contributed by atoms with Gasteiger partial charge in [-0.15, -0.1) is 11.3 Å². The number of nitrogens with zero attached hydrogens (tertiary/aromatic N) is 3. The normalized spacial score (nSPS) is 20.2. The summed E-state index contributed by atoms with van der Waals surface area (Å²) in [5.74, 6) is 0. The molecule has 0 aliphatic carbocycles. The Kier molecular flexibility index (Phi) is 3.20. The average Bonchev–Trinajstić information content (AvgIpc) is 1.53. The van der Waals surface area contributed by atoms with Crippen molar-refractivity contribution in [3.63, 3.8) is 0 Å². The van der Waals surface area contributed by atoms with Crippen molar-refractivity contribution in [2.75, 3.05) is 0 Å². The van der Waals surface area contributed by atoms with Gasteiger partial charge >= 0.3 is 0 Å². The Morgan fingerprint density at radius 3 is 1.34 bits per heavy atom. The Morgan fingerprint density at radius 1 is 0.281 bits per heavy atom. The number of fused-ring (bicyclic) bond motifs is 12. The lowest BCUT2D eigenvalue weighted by molar-refractivity contribution is 1.16. The molecule has 298 valence electrons. The quantitative estimate of drug-likeness (QED) is 0.164. The van der Waals surface area contributed by atoms with E-state index in [0.717, 1.165) is 9.13 Å². The molecule has 0 aliphatic rings. The second-order valence-corrected chi connectivity index (χ2v) is 15.0. The second-order valence-electron chi connectivity index (χ2n) is 14.0. The van der Waals surface area contributed by atoms with Gasteiger partial charge in [-0.1, -0.05) is 133 Å². The standard InChI is InChI=1S/C60H37N3S/c1-2-14-38(15-3-1)39-16-12-17-40(34-39)41-28-33-58-50(35-41)60-57(26-13-27-59(60)64-58)63-54-25-11-7-21-47(54)49-37-43(30-32-56(49)63)62-53-24-10-6-20-46(53)48-36-42(29-31-55(48)62)61-51-22-8-4-18-44(51)45-19-5-9-23-52(45)61/h1-37H/i1D,2D,3D,4D,5D,6D,7D,8D,9D,10D,11D,12D,13D,14D,15D,16D,17D,18D,19D,20D,21D,22D,23D,24D,25D,26D,27D,28D,29D,30D,31D,32D,33D,34D,35D,36D,37D. The third kappa shape index (κ3) is 5.15. The third-order valence-corrected chi connectivity index (χ3v) is 11.7. The van der Waals surface area contributed by atoms with Gasteiger partial charge in [-0.25, -0.2) is 0 Å². The number of benzene rings is 10. The van der Waals surface area contributed by atoms with Crippen molar-refractivity contribution in [3.8, 4) is 39.3 Å². The van der Waals surface area contributed by atoms with Crippen LogP contribution in [0.2, 0.25) is 0 Å². The second kappa shape index (κ2) is 13.7. The lowest BCUT2D eigenvalue weighted by atomic mass is 9.98. The summed E-state index contributed by atoms with van der Waals surface area (Å²) >= 11 is 0.499. The fourth-order valence-corrected chi connectivity index (χ4v) is 8.99. The molecule has 14 aromatic rings. The summed E-state index contributed by atoms with van der Waals surface area (Å²) in [5, 5.41) is -4.91. The highest BCUT2D eigenvalue weighted by Crippen LogP contribution is 2.44. The maximum Gasteiger partial charge on any atom is 0.0652 e. The van der Waals surface area contributed by atoms with Crippen molar-refractivity contribution in [3.05, 3.63) is 224 Å². The van der Waals surface area contributed by atoms with Crippen LogP contribution in [0.1, 0.15) is 50.7 Å². The van der Waals surface area contributed by atoms with Crippen LogP contribution < -0.4 is 0 Å². The van der Waals surface area contributed by atoms with Crippen molar-refractivity contribution >= 4 is 96.9 Å². The minimum absolute atomic E-state index is 0.371. The molecule has 0 amide bonds. The molecule has 0 bridgehead atoms. The number of hydrogen-bond donors (Lipinski definition) is 0. The molecule has 4 heteroatoms. The van der Waals surface area contributed by atoms with Crippen LogP contribution in [0.15, 0.2) is 224 Å². The summed E-state index contributed by atoms with van der Waals surface area (Å²) in [6, 6.07) is -35.5. The fraction of sp³-hybridized carbons (Fsp3) is 0. The third-order valence-electron chi connectivity index (χ3n) is 10.7. The van der Waals surface area contributed by atoms with Crippen LogP contribution in [0.3, 0.4) is 0 Å². The first-order chi connectivity index (χ1) is 47.2. The van der Waals surface area contributed by atoms with E-state index in [4.69, 9.17) is 27.4 Å². The molecule has 64 heavy (non-hydrogen) atoms. The van der Waals surface area contributed by atoms with E-state index < -0.39 is 339 Å². The molecule has 0 N–H and O–H groups in total. The van der Waals surface area contributed by atoms with E-state index in [1.165, 1.54) is 0 Å². The summed E-state index contributed by atoms with van der Waals surface area (Å²) < 4.78 is 343. The minimum atomic E-state index is -1.16. The Hall–Kier alpha value is -8.18. The average molecular weight is 869 g/mol. The van der Waals surface area contributed by atoms with Crippen LogP contribution >= 0.6 is 11.3 Å². The molecule has 14 rings (SSSR count). The zero-order valence-electron chi connectivity index (χ0n) is 68.7. The molecule has 0 unspecified atom stereocenters. The highest BCUT2D eigenvalue weighted by molar-refractivity contribution is 7.25. The van der Waals surface area contributed by atoms with Crippen molar-refractivity contribution in [2.45, 2.75) is 0 Å². The van der Waals surface area contributed by atoms with E-state index in [0.29, 0.717) is 15.9 Å². The van der Waals surface area contributed by atoms with Crippen LogP contribution in [-0.2, 0) is 0 Å². The van der Waals surface area contributed by atoms with Gasteiger partial charge in [0.15, 0.2) is 0 Å². The van der Waals surface area contributed by atoms with Crippen LogP contribution in [0.5, 0.6) is 0 Å². The number of aromatic nitrogens is 3. The molecule has 3 nitrogen and oxygen atoms in total. The van der Waals surface area contributed by atoms with Gasteiger partial charge in [-0.05, 0) is 113 Å². The monoisotopic (exact) mass is 869 g/mol. The Balaban J connectivity index is 1.16. The maximum absolute atomic E-state index is 10.4. The van der Waals surface area contributed by atoms with E-state index in [1.54, 1.807) is 0 Å². The van der Waals surface area contributed by atoms with Gasteiger partial charge in [0.05, 0.1) is 89.5 Å². The van der Waals surface area contributed by atoms with Crippen molar-refractivity contribution in [2.24, 2.45) is 0 Å². The van der Waals surface area contributed by atoms with Crippen molar-refractivity contribution < 1.29 is 50.7 Å². The minimum Gasteiger partial charge on any atom is -0.309 e. The Morgan fingerprint density at radius 2 is 0.734 bits per heavy atom. The predicted molar refractivity (Wildman–Crippen MR) is 273 cm³/mol. The van der Waals surface area contributed by atoms with E-state index >= 15 is 0 Å². The van der Waals surface area contributed by atoms with Gasteiger partial charge in [0.1, 0.15) is 0 Å². The first-order valence-electron chi connectivity index (χ1n) is 37.4. The number of rotatable bonds is 5. The molecule has 0 spiro atoms. The van der Waals surface area contributed by atoms with Gasteiger partial charge in [-0.2, -0.15) is 0 Å². The molecule has 0 fully saturated rings. The molecular weight excluding hydrogens is 795 g/mol. The molecule has 4 heterocycles. The largest absolute Gasteiger partial charge is 0.309 e. The van der Waals surface area contributed by atoms with E-state index in [1.807, 2.05) is 0 Å². The Labute approximate surface area is 424 Å². The lowest BCUT2D eigenvalue weighted by Gasteiger charge is -2.12. The summed E-state index contributed by atoms with van der Waals surface area (Å²) in [4.78, 5) is 0. The number of hydrogen-bond acceptors (Lipinski definition) is 1. The van der Waals surface area contributed by atoms with E-state index in [-0.39, 0.29) is 9.40 Å². The van der Waals surface area contributed by atoms with Gasteiger partial charge in [0, 0.05) is 63.9 Å². The summed E-state index contributed by atoms with van der Waals surface area (Å²) in [7, 11) is 0. The smallest absolute Gasteiger partial charge is 0.0652 e. The first-order valence-corrected chi connectivity index (χ1v) is 19.7. The molecule has 4 aromatic heterocycles. The molecule has 0 radical (unpaired) electrons. The maximum atomic E-state index is 10.4. The first kappa shape index (κ1) is 15.0. The zero-order chi connectivity index (χ0) is 74.1. The highest BCUT2D eigenvalue weighted by Gasteiger charge is 2.20. The molecule has 10 aromatic carbocycles. The van der Waals surface area contributed by atoms with Crippen molar-refractivity contribution in [1.82, 2.24) is 13.7 Å². The lowest BCUT2D eigenvalue weighted by Crippen LogP contribution is -1.97. The molecule has 0 aliphatic heterocycles. The number of para-hydroxylation sites is 4. The van der Waals surface area contributed by atoms with Gasteiger partial charge in [0.2, 0.25) is 0 Å². The summed E-state index contributed by atoms with van der Waals surface area (Å²) in [6.45, 7) is 0. The van der Waals surface area contributed by atoms with Gasteiger partial charge in [0.25, 0.3) is 0 Å². The van der Waals surface area contributed by atoms with E-state index in [2.05, 4.69) is 0 Å². The fourth-order valence-electron chi connectivity index (χ4n) is 8.02. The molecular formula is C60H37N3S. The molecule has 0 saturated heterocycles. The SMILES string of the molecule is [2H]c1c([2H])c([2H])c(-c2c([2H])c([2H])c([2H])c(-c3c([2H])c([2H])c4sc5c([2H])c([2H])c([2H])c(-n6c7c([2H])c([2H])c([2H])c([2H])c7c7c([2H])c(-n8c9c([2H])c([2H])c([2H])c([2H])c9c9c([2H])c(-n%10c%11c([2H])c([2H])c([2H])c([2H])c%11c%11c([2H])c([2H])c([2H])c([2H])c%11%10)c([2H])c([2H])c98)c([2H])c([2H])c76)c5c4c3[2H])c2[2H])c([2H])c1[2H]. The topological polar surface area (TPSA) is 14.8 Å². The molecule has 0 atom stereocenters. The van der Waals surface area contributed by atoms with Crippen LogP contribution in [0.25, 0.3) is 125 Å². The van der Waals surface area contributed by atoms with Crippen molar-refractivity contribution in [1.29, 1.82) is 0 Å². The predicted octanol–water partition coefficient (Wildman–Crippen LogP) is 16.7. The van der Waals surface area contributed by atoms with Crippen LogP contribution in [0, 0.1) is 0 Å². The van der Waals surface area contributed by atoms with Crippen LogP contribution in [-0.4, -0.2) is 13.7 Å². The molecule has 0 saturated carbocycles. The Bertz CT molecular complexity index is 6310. The highest BCUT2D eigenvalue weighted by atomic mass is 32.1. The summed E-state index contributed by atoms with van der Waals surface area (Å²) in [6.07, 6.45) is 0. The van der Waals surface area contributed by atoms with Gasteiger partial charge in [-0.3, -0.25) is 0 Å².